The number of hydrogen-bond donors (Lipinski definition) is 1. The van der Waals surface area contributed by atoms with E-state index in [1.807, 2.05) is 6.92 Å². The maximum absolute atomic E-state index is 12.9. The molecular formula is C21H23NO8S. The smallest absolute Gasteiger partial charge is 0.423 e. The highest BCUT2D eigenvalue weighted by Gasteiger charge is 2.29. The second kappa shape index (κ2) is 9.98. The molecule has 0 saturated heterocycles. The van der Waals surface area contributed by atoms with Crippen molar-refractivity contribution >= 4 is 28.2 Å². The molecule has 0 aromatic heterocycles. The standard InChI is InChI=1S/C21H23NO8S/c1-14-7-9-16(10-8-14)31(26,27)22(21(25)30-4)11-5-6-15-12-17(20(24)29-3)19(23)18(13-15)28-2/h5-10,12-13,23H,11H2,1-4H3/b6-5+. The molecule has 2 aromatic rings. The van der Waals surface area contributed by atoms with E-state index in [-0.39, 0.29) is 28.5 Å². The van der Waals surface area contributed by atoms with Gasteiger partial charge in [0.1, 0.15) is 5.56 Å². The highest BCUT2D eigenvalue weighted by atomic mass is 32.2. The number of esters is 1. The van der Waals surface area contributed by atoms with Crippen LogP contribution in [-0.2, 0) is 19.5 Å². The third kappa shape index (κ3) is 5.34. The van der Waals surface area contributed by atoms with Crippen LogP contribution < -0.4 is 4.74 Å². The molecule has 1 amide bonds. The van der Waals surface area contributed by atoms with Gasteiger partial charge in [0, 0.05) is 0 Å². The lowest BCUT2D eigenvalue weighted by atomic mass is 10.1. The molecule has 0 heterocycles. The number of methoxy groups -OCH3 is 3. The minimum atomic E-state index is -4.16. The Kier molecular flexibility index (Phi) is 7.65. The van der Waals surface area contributed by atoms with E-state index >= 15 is 0 Å². The Balaban J connectivity index is 2.37. The van der Waals surface area contributed by atoms with Crippen molar-refractivity contribution in [1.29, 1.82) is 0 Å². The first-order valence-corrected chi connectivity index (χ1v) is 10.4. The van der Waals surface area contributed by atoms with Crippen molar-refractivity contribution in [2.45, 2.75) is 11.8 Å². The van der Waals surface area contributed by atoms with Crippen LogP contribution in [0.5, 0.6) is 11.5 Å². The van der Waals surface area contributed by atoms with Crippen LogP contribution in [0.3, 0.4) is 0 Å². The van der Waals surface area contributed by atoms with Gasteiger partial charge in [-0.05, 0) is 36.8 Å². The summed E-state index contributed by atoms with van der Waals surface area (Å²) in [6.45, 7) is 1.48. The van der Waals surface area contributed by atoms with Gasteiger partial charge in [0.25, 0.3) is 10.0 Å². The molecule has 0 saturated carbocycles. The number of carbonyl (C=O) groups is 2. The number of aromatic hydroxyl groups is 1. The molecule has 0 spiro atoms. The third-order valence-corrected chi connectivity index (χ3v) is 6.04. The Labute approximate surface area is 180 Å². The Hall–Kier alpha value is -3.53. The fourth-order valence-electron chi connectivity index (χ4n) is 2.64. The van der Waals surface area contributed by atoms with Gasteiger partial charge >= 0.3 is 12.1 Å². The van der Waals surface area contributed by atoms with Gasteiger partial charge in [-0.2, -0.15) is 4.31 Å². The van der Waals surface area contributed by atoms with E-state index in [9.17, 15) is 23.1 Å². The number of benzene rings is 2. The summed E-state index contributed by atoms with van der Waals surface area (Å²) >= 11 is 0. The van der Waals surface area contributed by atoms with Crippen molar-refractivity contribution in [2.24, 2.45) is 0 Å². The van der Waals surface area contributed by atoms with E-state index in [1.165, 1.54) is 50.6 Å². The van der Waals surface area contributed by atoms with Crippen LogP contribution in [0.1, 0.15) is 21.5 Å². The van der Waals surface area contributed by atoms with Crippen molar-refractivity contribution in [3.05, 3.63) is 59.2 Å². The van der Waals surface area contributed by atoms with Gasteiger partial charge in [0.2, 0.25) is 0 Å². The minimum absolute atomic E-state index is 0.0275. The quantitative estimate of drug-likeness (QED) is 0.641. The molecule has 0 unspecified atom stereocenters. The zero-order valence-electron chi connectivity index (χ0n) is 17.5. The van der Waals surface area contributed by atoms with Crippen LogP contribution in [0.15, 0.2) is 47.4 Å². The number of nitrogens with zero attached hydrogens (tertiary/aromatic N) is 1. The van der Waals surface area contributed by atoms with Gasteiger partial charge in [-0.25, -0.2) is 18.0 Å². The molecule has 10 heteroatoms. The molecule has 9 nitrogen and oxygen atoms in total. The summed E-state index contributed by atoms with van der Waals surface area (Å²) in [5.41, 5.74) is 1.15. The first-order valence-electron chi connectivity index (χ1n) is 8.99. The van der Waals surface area contributed by atoms with Crippen molar-refractivity contribution in [3.8, 4) is 11.5 Å². The van der Waals surface area contributed by atoms with E-state index in [0.717, 1.165) is 12.7 Å². The number of amides is 1. The number of hydrogen-bond acceptors (Lipinski definition) is 8. The first kappa shape index (κ1) is 23.7. The SMILES string of the molecule is COC(=O)c1cc(/C=C/CN(C(=O)OC)S(=O)(=O)c2ccc(C)cc2)cc(OC)c1O. The molecular weight excluding hydrogens is 426 g/mol. The van der Waals surface area contributed by atoms with Gasteiger partial charge in [0.05, 0.1) is 32.8 Å². The minimum Gasteiger partial charge on any atom is -0.504 e. The number of phenols is 1. The molecule has 1 N–H and O–H groups in total. The molecule has 0 fully saturated rings. The van der Waals surface area contributed by atoms with Crippen LogP contribution in [0.4, 0.5) is 4.79 Å². The Morgan fingerprint density at radius 3 is 2.26 bits per heavy atom. The second-order valence-corrected chi connectivity index (χ2v) is 8.19. The van der Waals surface area contributed by atoms with E-state index in [4.69, 9.17) is 4.74 Å². The monoisotopic (exact) mass is 449 g/mol. The van der Waals surface area contributed by atoms with E-state index < -0.39 is 22.1 Å². The summed E-state index contributed by atoms with van der Waals surface area (Å²) in [5, 5.41) is 10.1. The van der Waals surface area contributed by atoms with Crippen molar-refractivity contribution in [2.75, 3.05) is 27.9 Å². The zero-order chi connectivity index (χ0) is 23.2. The molecule has 0 aliphatic carbocycles. The molecule has 166 valence electrons. The van der Waals surface area contributed by atoms with Crippen molar-refractivity contribution < 1.29 is 37.3 Å². The average molecular weight is 449 g/mol. The van der Waals surface area contributed by atoms with Crippen LogP contribution in [0, 0.1) is 6.92 Å². The van der Waals surface area contributed by atoms with Crippen molar-refractivity contribution in [3.63, 3.8) is 0 Å². The largest absolute Gasteiger partial charge is 0.504 e. The Bertz CT molecular complexity index is 1090. The predicted molar refractivity (Wildman–Crippen MR) is 113 cm³/mol. The fourth-order valence-corrected chi connectivity index (χ4v) is 3.93. The lowest BCUT2D eigenvalue weighted by Crippen LogP contribution is -2.37. The Morgan fingerprint density at radius 1 is 1.06 bits per heavy atom. The normalized spacial score (nSPS) is 11.2. The number of rotatable bonds is 7. The molecule has 0 aliphatic heterocycles. The molecule has 0 aliphatic rings. The first-order chi connectivity index (χ1) is 14.6. The molecule has 2 rings (SSSR count). The number of phenolic OH excluding ortho intramolecular Hbond substituents is 1. The summed E-state index contributed by atoms with van der Waals surface area (Å²) in [4.78, 5) is 24.0. The lowest BCUT2D eigenvalue weighted by molar-refractivity contribution is 0.0596. The van der Waals surface area contributed by atoms with Crippen LogP contribution in [-0.4, -0.2) is 57.8 Å². The number of sulfonamides is 1. The summed E-state index contributed by atoms with van der Waals surface area (Å²) in [6, 6.07) is 8.83. The molecule has 0 radical (unpaired) electrons. The van der Waals surface area contributed by atoms with E-state index in [1.54, 1.807) is 12.1 Å². The summed E-state index contributed by atoms with van der Waals surface area (Å²) in [7, 11) is -0.596. The zero-order valence-corrected chi connectivity index (χ0v) is 18.3. The number of aryl methyl sites for hydroxylation is 1. The predicted octanol–water partition coefficient (Wildman–Crippen LogP) is 2.97. The summed E-state index contributed by atoms with van der Waals surface area (Å²) < 4.78 is 40.7. The van der Waals surface area contributed by atoms with Crippen LogP contribution >= 0.6 is 0 Å². The lowest BCUT2D eigenvalue weighted by Gasteiger charge is -2.19. The summed E-state index contributed by atoms with van der Waals surface area (Å²) in [6.07, 6.45) is 1.81. The van der Waals surface area contributed by atoms with Crippen LogP contribution in [0.2, 0.25) is 0 Å². The highest BCUT2D eigenvalue weighted by Crippen LogP contribution is 2.32. The number of carbonyl (C=O) groups excluding carboxylic acids is 2. The Morgan fingerprint density at radius 2 is 1.71 bits per heavy atom. The summed E-state index contributed by atoms with van der Waals surface area (Å²) in [5.74, 6) is -1.13. The van der Waals surface area contributed by atoms with E-state index in [0.29, 0.717) is 9.87 Å². The maximum Gasteiger partial charge on any atom is 0.423 e. The number of ether oxygens (including phenoxy) is 3. The van der Waals surface area contributed by atoms with Gasteiger partial charge in [0.15, 0.2) is 11.5 Å². The van der Waals surface area contributed by atoms with Crippen molar-refractivity contribution in [1.82, 2.24) is 4.31 Å². The molecule has 0 atom stereocenters. The molecule has 31 heavy (non-hydrogen) atoms. The molecule has 0 bridgehead atoms. The highest BCUT2D eigenvalue weighted by molar-refractivity contribution is 7.89. The fraction of sp³-hybridized carbons (Fsp3) is 0.238. The van der Waals surface area contributed by atoms with Gasteiger partial charge in [-0.1, -0.05) is 29.8 Å². The topological polar surface area (TPSA) is 119 Å². The third-order valence-electron chi connectivity index (χ3n) is 4.29. The average Bonchev–Trinajstić information content (AvgIpc) is 2.76. The van der Waals surface area contributed by atoms with Gasteiger partial charge in [-0.3, -0.25) is 0 Å². The van der Waals surface area contributed by atoms with Gasteiger partial charge in [-0.15, -0.1) is 0 Å². The molecule has 2 aromatic carbocycles. The maximum atomic E-state index is 12.9. The van der Waals surface area contributed by atoms with Crippen LogP contribution in [0.25, 0.3) is 6.08 Å². The van der Waals surface area contributed by atoms with E-state index in [2.05, 4.69) is 9.47 Å². The van der Waals surface area contributed by atoms with Gasteiger partial charge < -0.3 is 19.3 Å². The second-order valence-electron chi connectivity index (χ2n) is 6.33.